The molecule has 8 heteroatoms. The van der Waals surface area contributed by atoms with Crippen molar-refractivity contribution < 1.29 is 14.3 Å². The quantitative estimate of drug-likeness (QED) is 0.714. The molecule has 1 atom stereocenters. The first-order valence-corrected chi connectivity index (χ1v) is 10.2. The summed E-state index contributed by atoms with van der Waals surface area (Å²) in [7, 11) is 0. The van der Waals surface area contributed by atoms with Crippen LogP contribution in [0.3, 0.4) is 0 Å². The molecule has 2 aromatic rings. The van der Waals surface area contributed by atoms with Gasteiger partial charge in [0.1, 0.15) is 0 Å². The van der Waals surface area contributed by atoms with Gasteiger partial charge in [0.05, 0.1) is 24.5 Å². The molecule has 0 spiro atoms. The first-order chi connectivity index (χ1) is 14.1. The number of anilines is 1. The van der Waals surface area contributed by atoms with Crippen LogP contribution in [0.25, 0.3) is 0 Å². The van der Waals surface area contributed by atoms with E-state index in [1.807, 2.05) is 26.0 Å². The van der Waals surface area contributed by atoms with E-state index in [4.69, 9.17) is 4.74 Å². The van der Waals surface area contributed by atoms with Gasteiger partial charge in [-0.15, -0.1) is 0 Å². The third-order valence-corrected chi connectivity index (χ3v) is 5.01. The molecule has 0 bridgehead atoms. The second-order valence-corrected chi connectivity index (χ2v) is 7.07. The molecule has 156 valence electrons. The molecule has 1 unspecified atom stereocenters. The van der Waals surface area contributed by atoms with Crippen LogP contribution in [-0.4, -0.2) is 52.4 Å². The number of urea groups is 1. The predicted molar refractivity (Wildman–Crippen MR) is 111 cm³/mol. The van der Waals surface area contributed by atoms with Crippen molar-refractivity contribution in [1.29, 1.82) is 0 Å². The van der Waals surface area contributed by atoms with Gasteiger partial charge in [-0.3, -0.25) is 9.48 Å². The van der Waals surface area contributed by atoms with Crippen LogP contribution in [0, 0.1) is 0 Å². The van der Waals surface area contributed by atoms with E-state index in [9.17, 15) is 9.59 Å². The van der Waals surface area contributed by atoms with Gasteiger partial charge in [0.2, 0.25) is 0 Å². The van der Waals surface area contributed by atoms with Gasteiger partial charge in [-0.2, -0.15) is 5.10 Å². The molecule has 1 aromatic carbocycles. The molecule has 2 N–H and O–H groups in total. The normalized spacial score (nSPS) is 15.9. The second kappa shape index (κ2) is 10.1. The van der Waals surface area contributed by atoms with Crippen molar-refractivity contribution in [3.8, 4) is 0 Å². The molecule has 8 nitrogen and oxygen atoms in total. The summed E-state index contributed by atoms with van der Waals surface area (Å²) in [6.45, 7) is 7.17. The molecular weight excluding hydrogens is 370 g/mol. The lowest BCUT2D eigenvalue weighted by Gasteiger charge is -2.18. The molecule has 1 aliphatic heterocycles. The minimum atomic E-state index is -0.301. The second-order valence-electron chi connectivity index (χ2n) is 7.07. The molecule has 1 saturated heterocycles. The Labute approximate surface area is 171 Å². The molecule has 1 aliphatic rings. The Kier molecular flexibility index (Phi) is 7.24. The maximum atomic E-state index is 12.3. The summed E-state index contributed by atoms with van der Waals surface area (Å²) in [5.74, 6) is 0.0206. The number of amides is 3. The van der Waals surface area contributed by atoms with Crippen molar-refractivity contribution >= 4 is 17.6 Å². The van der Waals surface area contributed by atoms with Gasteiger partial charge in [-0.05, 0) is 44.4 Å². The van der Waals surface area contributed by atoms with E-state index in [1.165, 1.54) is 0 Å². The van der Waals surface area contributed by atoms with Crippen LogP contribution in [0.15, 0.2) is 36.7 Å². The van der Waals surface area contributed by atoms with E-state index in [1.54, 1.807) is 34.1 Å². The van der Waals surface area contributed by atoms with E-state index in [2.05, 4.69) is 15.7 Å². The van der Waals surface area contributed by atoms with Crippen LogP contribution in [-0.2, 0) is 17.8 Å². The molecule has 1 fully saturated rings. The summed E-state index contributed by atoms with van der Waals surface area (Å²) in [6.07, 6.45) is 5.76. The van der Waals surface area contributed by atoms with Crippen molar-refractivity contribution in [2.24, 2.45) is 0 Å². The van der Waals surface area contributed by atoms with E-state index in [0.717, 1.165) is 25.0 Å². The van der Waals surface area contributed by atoms with Crippen LogP contribution in [0.5, 0.6) is 0 Å². The number of rotatable bonds is 8. The highest BCUT2D eigenvalue weighted by molar-refractivity contribution is 5.94. The van der Waals surface area contributed by atoms with Crippen molar-refractivity contribution in [2.45, 2.75) is 45.9 Å². The highest BCUT2D eigenvalue weighted by Crippen LogP contribution is 2.15. The minimum Gasteiger partial charge on any atom is -0.376 e. The third kappa shape index (κ3) is 5.80. The summed E-state index contributed by atoms with van der Waals surface area (Å²) in [5, 5.41) is 9.86. The highest BCUT2D eigenvalue weighted by atomic mass is 16.5. The van der Waals surface area contributed by atoms with Gasteiger partial charge >= 0.3 is 6.03 Å². The van der Waals surface area contributed by atoms with Crippen molar-refractivity contribution in [3.05, 3.63) is 47.8 Å². The summed E-state index contributed by atoms with van der Waals surface area (Å²) in [4.78, 5) is 26.2. The van der Waals surface area contributed by atoms with E-state index in [-0.39, 0.29) is 18.0 Å². The molecular formula is C21H29N5O3. The largest absolute Gasteiger partial charge is 0.376 e. The molecule has 29 heavy (non-hydrogen) atoms. The topological polar surface area (TPSA) is 88.5 Å². The van der Waals surface area contributed by atoms with E-state index < -0.39 is 0 Å². The fraction of sp³-hybridized carbons (Fsp3) is 0.476. The van der Waals surface area contributed by atoms with Crippen LogP contribution in [0.4, 0.5) is 10.5 Å². The number of aromatic nitrogens is 2. The lowest BCUT2D eigenvalue weighted by Crippen LogP contribution is -2.30. The van der Waals surface area contributed by atoms with Gasteiger partial charge in [0.15, 0.2) is 0 Å². The van der Waals surface area contributed by atoms with E-state index in [0.29, 0.717) is 37.4 Å². The van der Waals surface area contributed by atoms with Gasteiger partial charge in [0, 0.05) is 38.0 Å². The van der Waals surface area contributed by atoms with E-state index >= 15 is 0 Å². The van der Waals surface area contributed by atoms with Gasteiger partial charge in [-0.25, -0.2) is 4.79 Å². The maximum Gasteiger partial charge on any atom is 0.319 e. The lowest BCUT2D eigenvalue weighted by atomic mass is 10.1. The number of hydrogen-bond donors (Lipinski definition) is 2. The molecule has 0 saturated carbocycles. The smallest absolute Gasteiger partial charge is 0.319 e. The average Bonchev–Trinajstić information content (AvgIpc) is 3.40. The molecule has 0 aliphatic carbocycles. The van der Waals surface area contributed by atoms with Crippen LogP contribution >= 0.6 is 0 Å². The first-order valence-electron chi connectivity index (χ1n) is 10.2. The monoisotopic (exact) mass is 399 g/mol. The zero-order chi connectivity index (χ0) is 20.6. The SMILES string of the molecule is CCN(CC)C(=O)c1ccc(CNC(=O)Nc2cnn(CC3CCCO3)c2)cc1. The molecule has 3 amide bonds. The van der Waals surface area contributed by atoms with Gasteiger partial charge in [0.25, 0.3) is 5.91 Å². The zero-order valence-corrected chi connectivity index (χ0v) is 17.1. The number of benzene rings is 1. The summed E-state index contributed by atoms with van der Waals surface area (Å²) >= 11 is 0. The van der Waals surface area contributed by atoms with Gasteiger partial charge < -0.3 is 20.3 Å². The molecule has 3 rings (SSSR count). The standard InChI is InChI=1S/C21H29N5O3/c1-3-25(4-2)20(27)17-9-7-16(8-10-17)12-22-21(28)24-18-13-23-26(14-18)15-19-6-5-11-29-19/h7-10,13-14,19H,3-6,11-12,15H2,1-2H3,(H2,22,24,28). The average molecular weight is 399 g/mol. The Bertz CT molecular complexity index is 808. The summed E-state index contributed by atoms with van der Waals surface area (Å²) in [6, 6.07) is 7.01. The van der Waals surface area contributed by atoms with Crippen LogP contribution in [0.1, 0.15) is 42.6 Å². The summed E-state index contributed by atoms with van der Waals surface area (Å²) in [5.41, 5.74) is 2.21. The Morgan fingerprint density at radius 3 is 2.66 bits per heavy atom. The van der Waals surface area contributed by atoms with Crippen LogP contribution < -0.4 is 10.6 Å². The number of carbonyl (C=O) groups is 2. The zero-order valence-electron chi connectivity index (χ0n) is 17.1. The van der Waals surface area contributed by atoms with Crippen molar-refractivity contribution in [3.63, 3.8) is 0 Å². The van der Waals surface area contributed by atoms with Gasteiger partial charge in [-0.1, -0.05) is 12.1 Å². The van der Waals surface area contributed by atoms with Crippen molar-refractivity contribution in [1.82, 2.24) is 20.0 Å². The van der Waals surface area contributed by atoms with Crippen molar-refractivity contribution in [2.75, 3.05) is 25.0 Å². The summed E-state index contributed by atoms with van der Waals surface area (Å²) < 4.78 is 7.39. The molecule has 1 aromatic heterocycles. The highest BCUT2D eigenvalue weighted by Gasteiger charge is 2.16. The Morgan fingerprint density at radius 1 is 1.24 bits per heavy atom. The number of hydrogen-bond acceptors (Lipinski definition) is 4. The molecule has 0 radical (unpaired) electrons. The lowest BCUT2D eigenvalue weighted by molar-refractivity contribution is 0.0773. The number of nitrogens with one attached hydrogen (secondary N) is 2. The first kappa shape index (κ1) is 20.9. The molecule has 2 heterocycles. The number of ether oxygens (including phenoxy) is 1. The predicted octanol–water partition coefficient (Wildman–Crippen LogP) is 2.87. The fourth-order valence-electron chi connectivity index (χ4n) is 3.34. The minimum absolute atomic E-state index is 0.0206. The fourth-order valence-corrected chi connectivity index (χ4v) is 3.34. The van der Waals surface area contributed by atoms with Crippen LogP contribution in [0.2, 0.25) is 0 Å². The Hall–Kier alpha value is -2.87. The Morgan fingerprint density at radius 2 is 2.00 bits per heavy atom. The number of nitrogens with zero attached hydrogens (tertiary/aromatic N) is 3. The Balaban J connectivity index is 1.45. The maximum absolute atomic E-state index is 12.3. The number of carbonyl (C=O) groups excluding carboxylic acids is 2. The third-order valence-electron chi connectivity index (χ3n) is 5.01.